The molecule has 0 unspecified atom stereocenters. The van der Waals surface area contributed by atoms with Crippen LogP contribution in [0.15, 0.2) is 18.3 Å². The number of hydrogen-bond donors (Lipinski definition) is 2. The van der Waals surface area contributed by atoms with E-state index in [-0.39, 0.29) is 13.2 Å². The van der Waals surface area contributed by atoms with Crippen LogP contribution in [0, 0.1) is 0 Å². The zero-order chi connectivity index (χ0) is 12.9. The number of alkyl halides is 3. The first-order valence-corrected chi connectivity index (χ1v) is 5.02. The first kappa shape index (κ1) is 13.6. The largest absolute Gasteiger partial charge is 0.405 e. The number of hydrogen-bond acceptors (Lipinski definition) is 4. The Bertz CT molecular complexity index is 357. The molecule has 0 amide bonds. The Morgan fingerprint density at radius 1 is 1.47 bits per heavy atom. The number of nitrogens with one attached hydrogen (secondary N) is 1. The highest BCUT2D eigenvalue weighted by Gasteiger charge is 2.30. The molecule has 4 nitrogen and oxygen atoms in total. The molecule has 7 heteroatoms. The van der Waals surface area contributed by atoms with Crippen LogP contribution in [0.3, 0.4) is 0 Å². The Labute approximate surface area is 97.1 Å². The number of rotatable bonds is 5. The zero-order valence-corrected chi connectivity index (χ0v) is 9.33. The Morgan fingerprint density at radius 3 is 2.71 bits per heavy atom. The lowest BCUT2D eigenvalue weighted by Crippen LogP contribution is -2.36. The first-order valence-electron chi connectivity index (χ1n) is 5.02. The Morgan fingerprint density at radius 2 is 2.18 bits per heavy atom. The number of aliphatic hydroxyl groups excluding tert-OH is 1. The van der Waals surface area contributed by atoms with E-state index in [1.54, 1.807) is 7.05 Å². The molecule has 1 rings (SSSR count). The molecule has 0 aliphatic carbocycles. The van der Waals surface area contributed by atoms with Gasteiger partial charge in [-0.3, -0.25) is 0 Å². The van der Waals surface area contributed by atoms with Gasteiger partial charge in [0.05, 0.1) is 6.61 Å². The topological polar surface area (TPSA) is 48.4 Å². The molecule has 0 aliphatic heterocycles. The fourth-order valence-corrected chi connectivity index (χ4v) is 1.39. The molecule has 0 atom stereocenters. The van der Waals surface area contributed by atoms with Gasteiger partial charge in [0.1, 0.15) is 12.4 Å². The van der Waals surface area contributed by atoms with Crippen molar-refractivity contribution in [2.45, 2.75) is 6.18 Å². The van der Waals surface area contributed by atoms with Crippen molar-refractivity contribution in [2.75, 3.05) is 37.0 Å². The zero-order valence-electron chi connectivity index (χ0n) is 9.33. The van der Waals surface area contributed by atoms with Crippen LogP contribution in [0.2, 0.25) is 0 Å². The minimum atomic E-state index is -4.31. The van der Waals surface area contributed by atoms with Gasteiger partial charge in [0, 0.05) is 31.5 Å². The predicted molar refractivity (Wildman–Crippen MR) is 59.1 cm³/mol. The van der Waals surface area contributed by atoms with Crippen LogP contribution >= 0.6 is 0 Å². The molecule has 0 saturated heterocycles. The van der Waals surface area contributed by atoms with Crippen LogP contribution in [-0.4, -0.2) is 43.0 Å². The molecule has 0 fully saturated rings. The number of pyridine rings is 1. The molecular weight excluding hydrogens is 235 g/mol. The van der Waals surface area contributed by atoms with Crippen LogP contribution in [0.5, 0.6) is 0 Å². The van der Waals surface area contributed by atoms with Gasteiger partial charge in [-0.25, -0.2) is 4.98 Å². The fourth-order valence-electron chi connectivity index (χ4n) is 1.39. The molecule has 0 aliphatic rings. The fraction of sp³-hybridized carbons (Fsp3) is 0.500. The van der Waals surface area contributed by atoms with E-state index in [1.165, 1.54) is 18.3 Å². The number of nitrogens with zero attached hydrogens (tertiary/aromatic N) is 2. The average Bonchev–Trinajstić information content (AvgIpc) is 2.27. The Balaban J connectivity index is 2.88. The SMILES string of the molecule is CNc1cc(N(CCO)CC(F)(F)F)ccn1. The quantitative estimate of drug-likeness (QED) is 0.830. The minimum Gasteiger partial charge on any atom is -0.395 e. The molecule has 0 spiro atoms. The molecule has 2 N–H and O–H groups in total. The van der Waals surface area contributed by atoms with E-state index in [9.17, 15) is 13.2 Å². The van der Waals surface area contributed by atoms with E-state index < -0.39 is 12.7 Å². The maximum atomic E-state index is 12.3. The average molecular weight is 249 g/mol. The van der Waals surface area contributed by atoms with Gasteiger partial charge in [0.15, 0.2) is 0 Å². The molecule has 96 valence electrons. The van der Waals surface area contributed by atoms with Crippen molar-refractivity contribution in [3.8, 4) is 0 Å². The van der Waals surface area contributed by atoms with E-state index in [1.807, 2.05) is 0 Å². The summed E-state index contributed by atoms with van der Waals surface area (Å²) in [7, 11) is 1.63. The third kappa shape index (κ3) is 4.48. The highest BCUT2D eigenvalue weighted by atomic mass is 19.4. The maximum Gasteiger partial charge on any atom is 0.405 e. The second-order valence-electron chi connectivity index (χ2n) is 3.41. The lowest BCUT2D eigenvalue weighted by atomic mass is 10.3. The summed E-state index contributed by atoms with van der Waals surface area (Å²) in [5.74, 6) is 0.479. The third-order valence-corrected chi connectivity index (χ3v) is 2.10. The van der Waals surface area contributed by atoms with E-state index in [0.29, 0.717) is 11.5 Å². The second-order valence-corrected chi connectivity index (χ2v) is 3.41. The van der Waals surface area contributed by atoms with Crippen molar-refractivity contribution in [3.05, 3.63) is 18.3 Å². The van der Waals surface area contributed by atoms with E-state index in [0.717, 1.165) is 4.90 Å². The summed E-state index contributed by atoms with van der Waals surface area (Å²) in [6.07, 6.45) is -2.89. The van der Waals surface area contributed by atoms with Gasteiger partial charge in [-0.2, -0.15) is 13.2 Å². The number of anilines is 2. The molecule has 0 radical (unpaired) electrons. The van der Waals surface area contributed by atoms with E-state index in [2.05, 4.69) is 10.3 Å². The van der Waals surface area contributed by atoms with E-state index in [4.69, 9.17) is 5.11 Å². The smallest absolute Gasteiger partial charge is 0.395 e. The monoisotopic (exact) mass is 249 g/mol. The van der Waals surface area contributed by atoms with Gasteiger partial charge >= 0.3 is 6.18 Å². The van der Waals surface area contributed by atoms with Crippen LogP contribution in [-0.2, 0) is 0 Å². The molecule has 0 bridgehead atoms. The Kier molecular flexibility index (Phi) is 4.56. The molecular formula is C10H14F3N3O. The first-order chi connectivity index (χ1) is 7.96. The molecule has 1 aromatic heterocycles. The van der Waals surface area contributed by atoms with Crippen molar-refractivity contribution in [3.63, 3.8) is 0 Å². The lowest BCUT2D eigenvalue weighted by Gasteiger charge is -2.25. The van der Waals surface area contributed by atoms with Crippen molar-refractivity contribution in [2.24, 2.45) is 0 Å². The summed E-state index contributed by atoms with van der Waals surface area (Å²) >= 11 is 0. The maximum absolute atomic E-state index is 12.3. The summed E-state index contributed by atoms with van der Waals surface area (Å²) in [6.45, 7) is -1.51. The predicted octanol–water partition coefficient (Wildman–Crippen LogP) is 1.48. The number of aromatic nitrogens is 1. The molecule has 0 aromatic carbocycles. The van der Waals surface area contributed by atoms with Gasteiger partial charge in [-0.1, -0.05) is 0 Å². The number of aliphatic hydroxyl groups is 1. The van der Waals surface area contributed by atoms with Gasteiger partial charge in [-0.15, -0.1) is 0 Å². The molecule has 0 saturated carbocycles. The van der Waals surface area contributed by atoms with Crippen LogP contribution < -0.4 is 10.2 Å². The highest BCUT2D eigenvalue weighted by molar-refractivity contribution is 5.53. The van der Waals surface area contributed by atoms with Gasteiger partial charge < -0.3 is 15.3 Å². The van der Waals surface area contributed by atoms with Crippen molar-refractivity contribution < 1.29 is 18.3 Å². The summed E-state index contributed by atoms with van der Waals surface area (Å²) in [6, 6.07) is 2.98. The third-order valence-electron chi connectivity index (χ3n) is 2.10. The summed E-state index contributed by atoms with van der Waals surface area (Å²) in [5, 5.41) is 11.5. The standard InChI is InChI=1S/C10H14F3N3O/c1-14-9-6-8(2-3-15-9)16(4-5-17)7-10(11,12)13/h2-3,6,17H,4-5,7H2,1H3,(H,14,15). The summed E-state index contributed by atoms with van der Waals surface area (Å²) in [4.78, 5) is 4.97. The highest BCUT2D eigenvalue weighted by Crippen LogP contribution is 2.22. The minimum absolute atomic E-state index is 0.0767. The summed E-state index contributed by atoms with van der Waals surface area (Å²) in [5.41, 5.74) is 0.371. The lowest BCUT2D eigenvalue weighted by molar-refractivity contribution is -0.119. The van der Waals surface area contributed by atoms with Crippen molar-refractivity contribution in [1.82, 2.24) is 4.98 Å². The van der Waals surface area contributed by atoms with Crippen LogP contribution in [0.25, 0.3) is 0 Å². The van der Waals surface area contributed by atoms with E-state index >= 15 is 0 Å². The molecule has 1 heterocycles. The summed E-state index contributed by atoms with van der Waals surface area (Å²) < 4.78 is 37.0. The van der Waals surface area contributed by atoms with Crippen molar-refractivity contribution >= 4 is 11.5 Å². The Hall–Kier alpha value is -1.50. The normalized spacial score (nSPS) is 11.4. The molecule has 17 heavy (non-hydrogen) atoms. The number of halogens is 3. The second kappa shape index (κ2) is 5.72. The van der Waals surface area contributed by atoms with Gasteiger partial charge in [0.25, 0.3) is 0 Å². The van der Waals surface area contributed by atoms with Crippen LogP contribution in [0.1, 0.15) is 0 Å². The van der Waals surface area contributed by atoms with Gasteiger partial charge in [-0.05, 0) is 6.07 Å². The molecule has 1 aromatic rings. The van der Waals surface area contributed by atoms with Crippen molar-refractivity contribution in [1.29, 1.82) is 0 Å². The van der Waals surface area contributed by atoms with Gasteiger partial charge in [0.2, 0.25) is 0 Å². The van der Waals surface area contributed by atoms with Crippen LogP contribution in [0.4, 0.5) is 24.7 Å².